The molecule has 1 heterocycles. The van der Waals surface area contributed by atoms with E-state index in [1.165, 1.54) is 22.5 Å². The normalized spacial score (nSPS) is 21.4. The van der Waals surface area contributed by atoms with Crippen molar-refractivity contribution in [1.82, 2.24) is 4.31 Å². The first kappa shape index (κ1) is 13.5. The maximum absolute atomic E-state index is 13.6. The van der Waals surface area contributed by atoms with Crippen molar-refractivity contribution >= 4 is 10.0 Å². The molecule has 18 heavy (non-hydrogen) atoms. The van der Waals surface area contributed by atoms with E-state index < -0.39 is 15.8 Å². The van der Waals surface area contributed by atoms with E-state index >= 15 is 0 Å². The van der Waals surface area contributed by atoms with Crippen LogP contribution in [0.5, 0.6) is 0 Å². The van der Waals surface area contributed by atoms with Crippen LogP contribution in [-0.2, 0) is 10.0 Å². The second kappa shape index (κ2) is 4.95. The summed E-state index contributed by atoms with van der Waals surface area (Å²) in [5.41, 5.74) is 0.702. The molecule has 4 nitrogen and oxygen atoms in total. The van der Waals surface area contributed by atoms with Crippen molar-refractivity contribution in [2.45, 2.75) is 18.2 Å². The Morgan fingerprint density at radius 1 is 1.50 bits per heavy atom. The van der Waals surface area contributed by atoms with Gasteiger partial charge in [0.05, 0.1) is 0 Å². The van der Waals surface area contributed by atoms with Gasteiger partial charge in [-0.15, -0.1) is 0 Å². The Kier molecular flexibility index (Phi) is 3.70. The molecule has 2 rings (SSSR count). The lowest BCUT2D eigenvalue weighted by atomic mass is 10.1. The number of aliphatic hydroxyl groups is 1. The van der Waals surface area contributed by atoms with Gasteiger partial charge >= 0.3 is 0 Å². The molecule has 0 bridgehead atoms. The number of nitrogens with zero attached hydrogens (tertiary/aromatic N) is 1. The van der Waals surface area contributed by atoms with Crippen LogP contribution in [0, 0.1) is 18.7 Å². The lowest BCUT2D eigenvalue weighted by Crippen LogP contribution is -2.30. The van der Waals surface area contributed by atoms with Gasteiger partial charge in [0, 0.05) is 19.7 Å². The number of rotatable bonds is 3. The minimum absolute atomic E-state index is 0.0394. The fourth-order valence-corrected chi connectivity index (χ4v) is 3.79. The Morgan fingerprint density at radius 2 is 2.22 bits per heavy atom. The summed E-state index contributed by atoms with van der Waals surface area (Å²) in [7, 11) is -3.79. The standard InChI is InChI=1S/C12H16FNO3S/c1-9-2-3-11(13)12(6-9)18(16,17)14-5-4-10(7-14)8-15/h2-3,6,10,15H,4-5,7-8H2,1H3/t10-/m0/s1. The lowest BCUT2D eigenvalue weighted by molar-refractivity contribution is 0.233. The number of aliphatic hydroxyl groups excluding tert-OH is 1. The Labute approximate surface area is 106 Å². The van der Waals surface area contributed by atoms with E-state index in [1.807, 2.05) is 0 Å². The molecular weight excluding hydrogens is 257 g/mol. The highest BCUT2D eigenvalue weighted by Crippen LogP contribution is 2.26. The van der Waals surface area contributed by atoms with Crippen LogP contribution in [0.4, 0.5) is 4.39 Å². The molecule has 1 fully saturated rings. The van der Waals surface area contributed by atoms with Crippen molar-refractivity contribution in [3.63, 3.8) is 0 Å². The molecule has 0 spiro atoms. The first-order valence-corrected chi connectivity index (χ1v) is 7.26. The third-order valence-corrected chi connectivity index (χ3v) is 5.09. The van der Waals surface area contributed by atoms with Crippen molar-refractivity contribution < 1.29 is 17.9 Å². The van der Waals surface area contributed by atoms with Gasteiger partial charge in [-0.3, -0.25) is 0 Å². The van der Waals surface area contributed by atoms with Gasteiger partial charge in [-0.25, -0.2) is 12.8 Å². The number of hydrogen-bond acceptors (Lipinski definition) is 3. The second-order valence-electron chi connectivity index (χ2n) is 4.63. The Balaban J connectivity index is 2.34. The van der Waals surface area contributed by atoms with Crippen LogP contribution in [0.3, 0.4) is 0 Å². The Morgan fingerprint density at radius 3 is 2.83 bits per heavy atom. The SMILES string of the molecule is Cc1ccc(F)c(S(=O)(=O)N2CC[C@H](CO)C2)c1. The highest BCUT2D eigenvalue weighted by atomic mass is 32.2. The van der Waals surface area contributed by atoms with Crippen molar-refractivity contribution in [3.05, 3.63) is 29.6 Å². The summed E-state index contributed by atoms with van der Waals surface area (Å²) >= 11 is 0. The smallest absolute Gasteiger partial charge is 0.246 e. The molecule has 0 unspecified atom stereocenters. The summed E-state index contributed by atoms with van der Waals surface area (Å²) < 4.78 is 39.4. The summed E-state index contributed by atoms with van der Waals surface area (Å²) in [4.78, 5) is -0.277. The van der Waals surface area contributed by atoms with E-state index in [2.05, 4.69) is 0 Å². The maximum atomic E-state index is 13.6. The van der Waals surface area contributed by atoms with Crippen LogP contribution in [0.15, 0.2) is 23.1 Å². The van der Waals surface area contributed by atoms with E-state index in [4.69, 9.17) is 5.11 Å². The molecule has 100 valence electrons. The average molecular weight is 273 g/mol. The van der Waals surface area contributed by atoms with Crippen LogP contribution in [0.2, 0.25) is 0 Å². The first-order chi connectivity index (χ1) is 8.45. The first-order valence-electron chi connectivity index (χ1n) is 5.82. The third-order valence-electron chi connectivity index (χ3n) is 3.21. The van der Waals surface area contributed by atoms with E-state index in [9.17, 15) is 12.8 Å². The van der Waals surface area contributed by atoms with Crippen LogP contribution >= 0.6 is 0 Å². The fourth-order valence-electron chi connectivity index (χ4n) is 2.11. The van der Waals surface area contributed by atoms with Gasteiger partial charge in [0.25, 0.3) is 0 Å². The van der Waals surface area contributed by atoms with E-state index in [1.54, 1.807) is 6.92 Å². The monoisotopic (exact) mass is 273 g/mol. The highest BCUT2D eigenvalue weighted by molar-refractivity contribution is 7.89. The van der Waals surface area contributed by atoms with E-state index in [-0.39, 0.29) is 24.0 Å². The van der Waals surface area contributed by atoms with Crippen molar-refractivity contribution in [3.8, 4) is 0 Å². The van der Waals surface area contributed by atoms with Crippen molar-refractivity contribution in [1.29, 1.82) is 0 Å². The summed E-state index contributed by atoms with van der Waals surface area (Å²) in [5.74, 6) is -0.777. The predicted molar refractivity (Wildman–Crippen MR) is 65.1 cm³/mol. The highest BCUT2D eigenvalue weighted by Gasteiger charge is 2.33. The molecule has 6 heteroatoms. The summed E-state index contributed by atoms with van der Waals surface area (Å²) in [6, 6.07) is 4.05. The van der Waals surface area contributed by atoms with E-state index in [0.717, 1.165) is 0 Å². The zero-order valence-electron chi connectivity index (χ0n) is 10.1. The lowest BCUT2D eigenvalue weighted by Gasteiger charge is -2.17. The van der Waals surface area contributed by atoms with Crippen LogP contribution in [-0.4, -0.2) is 37.5 Å². The summed E-state index contributed by atoms with van der Waals surface area (Å²) in [6.07, 6.45) is 0.614. The molecule has 1 aliphatic rings. The molecule has 0 aliphatic carbocycles. The molecule has 1 saturated heterocycles. The number of halogens is 1. The molecule has 1 aromatic rings. The van der Waals surface area contributed by atoms with Crippen molar-refractivity contribution in [2.75, 3.05) is 19.7 Å². The topological polar surface area (TPSA) is 57.6 Å². The minimum Gasteiger partial charge on any atom is -0.396 e. The summed E-state index contributed by atoms with van der Waals surface area (Å²) in [6.45, 7) is 2.27. The van der Waals surface area contributed by atoms with Gasteiger partial charge in [-0.2, -0.15) is 4.31 Å². The van der Waals surface area contributed by atoms with Gasteiger partial charge in [-0.05, 0) is 37.0 Å². The maximum Gasteiger partial charge on any atom is 0.246 e. The zero-order chi connectivity index (χ0) is 13.3. The molecule has 0 saturated carbocycles. The van der Waals surface area contributed by atoms with Crippen LogP contribution in [0.25, 0.3) is 0 Å². The summed E-state index contributed by atoms with van der Waals surface area (Å²) in [5, 5.41) is 9.02. The number of benzene rings is 1. The number of aryl methyl sites for hydroxylation is 1. The molecular formula is C12H16FNO3S. The molecule has 0 aromatic heterocycles. The van der Waals surface area contributed by atoms with Crippen LogP contribution in [0.1, 0.15) is 12.0 Å². The molecule has 0 amide bonds. The zero-order valence-corrected chi connectivity index (χ0v) is 11.0. The van der Waals surface area contributed by atoms with Gasteiger partial charge in [0.2, 0.25) is 10.0 Å². The Bertz CT molecular complexity index is 544. The Hall–Kier alpha value is -0.980. The van der Waals surface area contributed by atoms with Gasteiger partial charge in [0.15, 0.2) is 0 Å². The number of hydrogen-bond donors (Lipinski definition) is 1. The quantitative estimate of drug-likeness (QED) is 0.898. The molecule has 1 aromatic carbocycles. The number of sulfonamides is 1. The molecule has 1 aliphatic heterocycles. The van der Waals surface area contributed by atoms with Gasteiger partial charge in [0.1, 0.15) is 10.7 Å². The van der Waals surface area contributed by atoms with Gasteiger partial charge < -0.3 is 5.11 Å². The fraction of sp³-hybridized carbons (Fsp3) is 0.500. The predicted octanol–water partition coefficient (Wildman–Crippen LogP) is 1.14. The van der Waals surface area contributed by atoms with Crippen LogP contribution < -0.4 is 0 Å². The van der Waals surface area contributed by atoms with E-state index in [0.29, 0.717) is 18.5 Å². The molecule has 0 radical (unpaired) electrons. The van der Waals surface area contributed by atoms with Gasteiger partial charge in [-0.1, -0.05) is 6.07 Å². The average Bonchev–Trinajstić information content (AvgIpc) is 2.81. The molecule has 1 atom stereocenters. The minimum atomic E-state index is -3.79. The third kappa shape index (κ3) is 2.41. The molecule has 1 N–H and O–H groups in total. The second-order valence-corrected chi connectivity index (χ2v) is 6.54. The largest absolute Gasteiger partial charge is 0.396 e. The van der Waals surface area contributed by atoms with Crippen molar-refractivity contribution in [2.24, 2.45) is 5.92 Å².